The minimum absolute atomic E-state index is 0.102. The van der Waals surface area contributed by atoms with Gasteiger partial charge in [-0.25, -0.2) is 4.98 Å². The summed E-state index contributed by atoms with van der Waals surface area (Å²) in [6.07, 6.45) is 0.925. The van der Waals surface area contributed by atoms with Crippen LogP contribution in [0.3, 0.4) is 0 Å². The second kappa shape index (κ2) is 4.76. The minimum Gasteiger partial charge on any atom is -0.436 e. The molecule has 0 aliphatic heterocycles. The van der Waals surface area contributed by atoms with Gasteiger partial charge in [0, 0.05) is 0 Å². The van der Waals surface area contributed by atoms with Gasteiger partial charge in [-0.1, -0.05) is 0 Å². The summed E-state index contributed by atoms with van der Waals surface area (Å²) >= 11 is 5.52. The molecule has 0 aliphatic carbocycles. The van der Waals surface area contributed by atoms with Crippen LogP contribution < -0.4 is 4.74 Å². The quantitative estimate of drug-likeness (QED) is 0.768. The van der Waals surface area contributed by atoms with E-state index in [4.69, 9.17) is 21.6 Å². The van der Waals surface area contributed by atoms with Gasteiger partial charge in [0.15, 0.2) is 0 Å². The number of nitriles is 1. The van der Waals surface area contributed by atoms with Gasteiger partial charge >= 0.3 is 0 Å². The number of rotatable bonds is 2. The molecule has 0 saturated carbocycles. The molecule has 2 rings (SSSR count). The fourth-order valence-electron chi connectivity index (χ4n) is 1.11. The van der Waals surface area contributed by atoms with Crippen LogP contribution in [-0.2, 0) is 0 Å². The molecule has 0 atom stereocenters. The van der Waals surface area contributed by atoms with Crippen molar-refractivity contribution in [2.75, 3.05) is 0 Å². The first-order valence-electron chi connectivity index (χ1n) is 4.55. The lowest BCUT2D eigenvalue weighted by Crippen LogP contribution is -1.94. The molecule has 6 heteroatoms. The molecule has 0 aliphatic rings. The van der Waals surface area contributed by atoms with E-state index in [9.17, 15) is 4.39 Å². The van der Waals surface area contributed by atoms with Gasteiger partial charge < -0.3 is 4.74 Å². The van der Waals surface area contributed by atoms with Crippen molar-refractivity contribution in [1.82, 2.24) is 9.97 Å². The Balaban J connectivity index is 2.25. The molecular weight excluding hydrogens is 245 g/mol. The number of halogens is 2. The van der Waals surface area contributed by atoms with Crippen molar-refractivity contribution in [1.29, 1.82) is 5.26 Å². The summed E-state index contributed by atoms with van der Waals surface area (Å²) in [6, 6.07) is 8.14. The van der Waals surface area contributed by atoms with E-state index < -0.39 is 5.82 Å². The highest BCUT2D eigenvalue weighted by Crippen LogP contribution is 2.22. The highest BCUT2D eigenvalue weighted by molar-refractivity contribution is 6.28. The zero-order chi connectivity index (χ0) is 12.3. The molecular formula is C11H5ClFN3O. The average molecular weight is 250 g/mol. The number of ether oxygens (including phenoxy) is 1. The molecule has 4 nitrogen and oxygen atoms in total. The lowest BCUT2D eigenvalue weighted by atomic mass is 10.2. The highest BCUT2D eigenvalue weighted by atomic mass is 35.5. The van der Waals surface area contributed by atoms with Crippen molar-refractivity contribution in [2.24, 2.45) is 0 Å². The number of hydrogen-bond acceptors (Lipinski definition) is 4. The topological polar surface area (TPSA) is 58.8 Å². The monoisotopic (exact) mass is 249 g/mol. The van der Waals surface area contributed by atoms with Gasteiger partial charge in [0.05, 0.1) is 17.8 Å². The van der Waals surface area contributed by atoms with Gasteiger partial charge in [0.1, 0.15) is 5.75 Å². The third kappa shape index (κ3) is 2.68. The van der Waals surface area contributed by atoms with E-state index in [0.29, 0.717) is 11.3 Å². The van der Waals surface area contributed by atoms with Crippen LogP contribution in [0.1, 0.15) is 5.56 Å². The Bertz CT molecular complexity index is 580. The van der Waals surface area contributed by atoms with Gasteiger partial charge in [0.2, 0.25) is 11.1 Å². The van der Waals surface area contributed by atoms with Gasteiger partial charge in [-0.3, -0.25) is 0 Å². The first kappa shape index (κ1) is 11.3. The van der Waals surface area contributed by atoms with E-state index in [-0.39, 0.29) is 11.2 Å². The molecule has 1 aromatic carbocycles. The number of benzene rings is 1. The number of nitrogens with zero attached hydrogens (tertiary/aromatic N) is 3. The molecule has 0 N–H and O–H groups in total. The predicted molar refractivity (Wildman–Crippen MR) is 58.2 cm³/mol. The molecule has 1 heterocycles. The molecule has 0 radical (unpaired) electrons. The molecule has 1 aromatic heterocycles. The second-order valence-corrected chi connectivity index (χ2v) is 3.37. The largest absolute Gasteiger partial charge is 0.436 e. The highest BCUT2D eigenvalue weighted by Gasteiger charge is 2.08. The molecule has 0 unspecified atom stereocenters. The molecule has 0 fully saturated rings. The molecule has 0 spiro atoms. The molecule has 84 valence electrons. The summed E-state index contributed by atoms with van der Waals surface area (Å²) in [5, 5.41) is 8.51. The minimum atomic E-state index is -0.709. The van der Waals surface area contributed by atoms with E-state index in [2.05, 4.69) is 9.97 Å². The van der Waals surface area contributed by atoms with Crippen molar-refractivity contribution < 1.29 is 9.13 Å². The fraction of sp³-hybridized carbons (Fsp3) is 0. The molecule has 17 heavy (non-hydrogen) atoms. The van der Waals surface area contributed by atoms with Crippen LogP contribution in [0.2, 0.25) is 5.28 Å². The van der Waals surface area contributed by atoms with Crippen LogP contribution in [0.5, 0.6) is 11.6 Å². The maximum atomic E-state index is 13.2. The first-order chi connectivity index (χ1) is 8.19. The van der Waals surface area contributed by atoms with Gasteiger partial charge in [0.25, 0.3) is 5.88 Å². The van der Waals surface area contributed by atoms with E-state index in [0.717, 1.165) is 6.20 Å². The lowest BCUT2D eigenvalue weighted by molar-refractivity contribution is 0.420. The van der Waals surface area contributed by atoms with Crippen LogP contribution in [0, 0.1) is 17.1 Å². The van der Waals surface area contributed by atoms with Gasteiger partial charge in [-0.05, 0) is 35.9 Å². The third-order valence-corrected chi connectivity index (χ3v) is 2.06. The maximum Gasteiger partial charge on any atom is 0.260 e. The first-order valence-corrected chi connectivity index (χ1v) is 4.93. The molecule has 0 amide bonds. The lowest BCUT2D eigenvalue weighted by Gasteiger charge is -2.05. The summed E-state index contributed by atoms with van der Waals surface area (Å²) in [6.45, 7) is 0. The summed E-state index contributed by atoms with van der Waals surface area (Å²) in [4.78, 5) is 7.07. The third-order valence-electron chi connectivity index (χ3n) is 1.88. The van der Waals surface area contributed by atoms with E-state index in [1.807, 2.05) is 6.07 Å². The van der Waals surface area contributed by atoms with Crippen molar-refractivity contribution in [3.63, 3.8) is 0 Å². The normalized spacial score (nSPS) is 9.71. The Hall–Kier alpha value is -2.19. The van der Waals surface area contributed by atoms with Crippen LogP contribution >= 0.6 is 11.6 Å². The number of aromatic nitrogens is 2. The Morgan fingerprint density at radius 2 is 2.00 bits per heavy atom. The average Bonchev–Trinajstić information content (AvgIpc) is 2.35. The summed E-state index contributed by atoms with van der Waals surface area (Å²) in [7, 11) is 0. The van der Waals surface area contributed by atoms with Crippen LogP contribution in [0.15, 0.2) is 30.5 Å². The standard InChI is InChI=1S/C11H5ClFN3O/c12-11-15-6-9(13)10(16-11)17-8-3-1-7(5-14)2-4-8/h1-4,6H. The van der Waals surface area contributed by atoms with Crippen LogP contribution in [0.25, 0.3) is 0 Å². The Morgan fingerprint density at radius 3 is 2.65 bits per heavy atom. The van der Waals surface area contributed by atoms with Gasteiger partial charge in [-0.2, -0.15) is 14.6 Å². The SMILES string of the molecule is N#Cc1ccc(Oc2nc(Cl)ncc2F)cc1. The molecule has 0 saturated heterocycles. The maximum absolute atomic E-state index is 13.2. The van der Waals surface area contributed by atoms with Crippen LogP contribution in [-0.4, -0.2) is 9.97 Å². The van der Waals surface area contributed by atoms with E-state index in [1.54, 1.807) is 12.1 Å². The van der Waals surface area contributed by atoms with Crippen LogP contribution in [0.4, 0.5) is 4.39 Å². The summed E-state index contributed by atoms with van der Waals surface area (Å²) in [5.74, 6) is -0.605. The smallest absolute Gasteiger partial charge is 0.260 e. The summed E-state index contributed by atoms with van der Waals surface area (Å²) < 4.78 is 18.4. The van der Waals surface area contributed by atoms with E-state index in [1.165, 1.54) is 12.1 Å². The van der Waals surface area contributed by atoms with E-state index >= 15 is 0 Å². The Labute approximate surface area is 101 Å². The molecule has 0 bridgehead atoms. The fourth-order valence-corrected chi connectivity index (χ4v) is 1.24. The van der Waals surface area contributed by atoms with Crippen molar-refractivity contribution >= 4 is 11.6 Å². The summed E-state index contributed by atoms with van der Waals surface area (Å²) in [5.41, 5.74) is 0.485. The van der Waals surface area contributed by atoms with Crippen molar-refractivity contribution in [3.8, 4) is 17.7 Å². The van der Waals surface area contributed by atoms with Crippen molar-refractivity contribution in [3.05, 3.63) is 47.1 Å². The predicted octanol–water partition coefficient (Wildman–Crippen LogP) is 2.93. The number of hydrogen-bond donors (Lipinski definition) is 0. The van der Waals surface area contributed by atoms with Gasteiger partial charge in [-0.15, -0.1) is 0 Å². The molecule has 2 aromatic rings. The second-order valence-electron chi connectivity index (χ2n) is 3.03. The zero-order valence-corrected chi connectivity index (χ0v) is 9.15. The Morgan fingerprint density at radius 1 is 1.29 bits per heavy atom. The van der Waals surface area contributed by atoms with Crippen molar-refractivity contribution in [2.45, 2.75) is 0 Å². The Kier molecular flexibility index (Phi) is 3.17. The zero-order valence-electron chi connectivity index (χ0n) is 8.39.